The first-order chi connectivity index (χ1) is 9.19. The lowest BCUT2D eigenvalue weighted by molar-refractivity contribution is 0.157. The van der Waals surface area contributed by atoms with E-state index in [1.165, 1.54) is 37.4 Å². The summed E-state index contributed by atoms with van der Waals surface area (Å²) in [5.74, 6) is 0. The minimum absolute atomic E-state index is 0.616. The molecule has 0 saturated carbocycles. The van der Waals surface area contributed by atoms with Crippen LogP contribution in [0.5, 0.6) is 0 Å². The molecule has 0 radical (unpaired) electrons. The second-order valence-corrected chi connectivity index (χ2v) is 5.44. The van der Waals surface area contributed by atoms with Gasteiger partial charge in [-0.15, -0.1) is 0 Å². The van der Waals surface area contributed by atoms with Crippen LogP contribution in [0.3, 0.4) is 0 Å². The van der Waals surface area contributed by atoms with Gasteiger partial charge in [0.25, 0.3) is 0 Å². The first-order valence-corrected chi connectivity index (χ1v) is 7.10. The number of likely N-dealkylation sites (N-methyl/N-ethyl adjacent to an activating group) is 2. The number of benzene rings is 1. The van der Waals surface area contributed by atoms with E-state index in [0.29, 0.717) is 6.54 Å². The molecule has 0 unspecified atom stereocenters. The molecule has 1 heterocycles. The summed E-state index contributed by atoms with van der Waals surface area (Å²) in [4.78, 5) is 7.26. The number of nitrogens with two attached hydrogens (primary N) is 1. The molecular weight excluding hydrogens is 236 g/mol. The highest BCUT2D eigenvalue weighted by Gasteiger charge is 2.13. The van der Waals surface area contributed by atoms with Gasteiger partial charge in [0.2, 0.25) is 0 Å². The van der Waals surface area contributed by atoms with E-state index >= 15 is 0 Å². The second kappa shape index (κ2) is 6.89. The van der Waals surface area contributed by atoms with Gasteiger partial charge in [-0.1, -0.05) is 12.1 Å². The summed E-state index contributed by atoms with van der Waals surface area (Å²) >= 11 is 0. The highest BCUT2D eigenvalue weighted by atomic mass is 15.3. The maximum absolute atomic E-state index is 5.62. The molecule has 1 fully saturated rings. The Kier molecular flexibility index (Phi) is 5.19. The van der Waals surface area contributed by atoms with Gasteiger partial charge in [-0.3, -0.25) is 4.90 Å². The highest BCUT2D eigenvalue weighted by molar-refractivity contribution is 5.46. The summed E-state index contributed by atoms with van der Waals surface area (Å²) in [7, 11) is 4.36. The summed E-state index contributed by atoms with van der Waals surface area (Å²) < 4.78 is 0. The van der Waals surface area contributed by atoms with Gasteiger partial charge in [0.05, 0.1) is 0 Å². The van der Waals surface area contributed by atoms with Crippen molar-refractivity contribution in [3.63, 3.8) is 0 Å². The van der Waals surface area contributed by atoms with Gasteiger partial charge in [0, 0.05) is 58.5 Å². The fourth-order valence-electron chi connectivity index (χ4n) is 2.38. The summed E-state index contributed by atoms with van der Waals surface area (Å²) in [6.45, 7) is 7.59. The van der Waals surface area contributed by atoms with Crippen molar-refractivity contribution in [3.8, 4) is 0 Å². The molecule has 4 heteroatoms. The Hall–Kier alpha value is -1.10. The third kappa shape index (κ3) is 4.20. The van der Waals surface area contributed by atoms with Gasteiger partial charge in [0.15, 0.2) is 0 Å². The molecule has 106 valence electrons. The molecule has 0 aromatic heterocycles. The van der Waals surface area contributed by atoms with E-state index in [1.54, 1.807) is 0 Å². The average Bonchev–Trinajstić information content (AvgIpc) is 2.46. The quantitative estimate of drug-likeness (QED) is 0.852. The molecule has 0 amide bonds. The van der Waals surface area contributed by atoms with Crippen molar-refractivity contribution in [2.75, 3.05) is 58.3 Å². The van der Waals surface area contributed by atoms with Gasteiger partial charge < -0.3 is 15.5 Å². The Morgan fingerprint density at radius 3 is 2.32 bits per heavy atom. The van der Waals surface area contributed by atoms with Gasteiger partial charge in [0.1, 0.15) is 0 Å². The Balaban J connectivity index is 1.78. The number of nitrogens with zero attached hydrogens (tertiary/aromatic N) is 3. The van der Waals surface area contributed by atoms with Crippen LogP contribution in [0.2, 0.25) is 0 Å². The Morgan fingerprint density at radius 2 is 1.74 bits per heavy atom. The normalized spacial score (nSPS) is 17.6. The largest absolute Gasteiger partial charge is 0.373 e. The molecule has 0 bridgehead atoms. The van der Waals surface area contributed by atoms with Crippen LogP contribution in [0.1, 0.15) is 5.56 Å². The van der Waals surface area contributed by atoms with E-state index in [1.807, 2.05) is 0 Å². The number of anilines is 1. The van der Waals surface area contributed by atoms with Gasteiger partial charge in [-0.05, 0) is 24.7 Å². The predicted octanol–water partition coefficient (Wildman–Crippen LogP) is 0.829. The van der Waals surface area contributed by atoms with Crippen LogP contribution in [0.15, 0.2) is 24.3 Å². The smallest absolute Gasteiger partial charge is 0.0364 e. The highest BCUT2D eigenvalue weighted by Crippen LogP contribution is 2.13. The van der Waals surface area contributed by atoms with Crippen LogP contribution in [-0.2, 0) is 6.54 Å². The number of hydrogen-bond donors (Lipinski definition) is 1. The summed E-state index contributed by atoms with van der Waals surface area (Å²) in [6, 6.07) is 8.54. The molecular formula is C15H26N4. The van der Waals surface area contributed by atoms with Crippen molar-refractivity contribution in [2.45, 2.75) is 6.54 Å². The molecule has 2 N–H and O–H groups in total. The molecule has 1 saturated heterocycles. The summed E-state index contributed by atoms with van der Waals surface area (Å²) in [5, 5.41) is 0. The molecule has 1 aromatic rings. The van der Waals surface area contributed by atoms with Crippen molar-refractivity contribution in [1.82, 2.24) is 9.80 Å². The molecule has 4 nitrogen and oxygen atoms in total. The zero-order chi connectivity index (χ0) is 13.7. The molecule has 0 aliphatic carbocycles. The fourth-order valence-corrected chi connectivity index (χ4v) is 2.38. The maximum atomic E-state index is 5.62. The van der Waals surface area contributed by atoms with E-state index < -0.39 is 0 Å². The number of piperazine rings is 1. The zero-order valence-electron chi connectivity index (χ0n) is 12.2. The Bertz CT molecular complexity index is 368. The molecule has 0 spiro atoms. The van der Waals surface area contributed by atoms with Gasteiger partial charge in [-0.2, -0.15) is 0 Å². The predicted molar refractivity (Wildman–Crippen MR) is 81.5 cm³/mol. The van der Waals surface area contributed by atoms with Crippen LogP contribution < -0.4 is 10.6 Å². The van der Waals surface area contributed by atoms with Crippen LogP contribution in [0.4, 0.5) is 5.69 Å². The van der Waals surface area contributed by atoms with Gasteiger partial charge >= 0.3 is 0 Å². The van der Waals surface area contributed by atoms with Crippen LogP contribution in [0.25, 0.3) is 0 Å². The van der Waals surface area contributed by atoms with Crippen molar-refractivity contribution in [2.24, 2.45) is 5.73 Å². The number of hydrogen-bond acceptors (Lipinski definition) is 4. The lowest BCUT2D eigenvalue weighted by Crippen LogP contribution is -2.46. The maximum Gasteiger partial charge on any atom is 0.0364 e. The lowest BCUT2D eigenvalue weighted by atomic mass is 10.2. The Morgan fingerprint density at radius 1 is 1.11 bits per heavy atom. The monoisotopic (exact) mass is 262 g/mol. The molecule has 1 aliphatic rings. The van der Waals surface area contributed by atoms with Crippen molar-refractivity contribution in [3.05, 3.63) is 29.8 Å². The van der Waals surface area contributed by atoms with Gasteiger partial charge in [-0.25, -0.2) is 0 Å². The third-order valence-electron chi connectivity index (χ3n) is 3.96. The molecule has 0 atom stereocenters. The topological polar surface area (TPSA) is 35.7 Å². The van der Waals surface area contributed by atoms with E-state index in [-0.39, 0.29) is 0 Å². The molecule has 2 rings (SSSR count). The standard InChI is InChI=1S/C15H26N4/c1-17-7-10-19(11-8-17)12-9-18(2)15-5-3-14(13-16)4-6-15/h3-6H,7-13,16H2,1-2H3. The van der Waals surface area contributed by atoms with Crippen molar-refractivity contribution in [1.29, 1.82) is 0 Å². The first-order valence-electron chi connectivity index (χ1n) is 7.10. The van der Waals surface area contributed by atoms with Crippen molar-refractivity contribution < 1.29 is 0 Å². The van der Waals surface area contributed by atoms with Crippen LogP contribution in [0, 0.1) is 0 Å². The first kappa shape index (κ1) is 14.3. The van der Waals surface area contributed by atoms with Crippen LogP contribution >= 0.6 is 0 Å². The average molecular weight is 262 g/mol. The minimum Gasteiger partial charge on any atom is -0.373 e. The molecule has 19 heavy (non-hydrogen) atoms. The van der Waals surface area contributed by atoms with E-state index in [2.05, 4.69) is 53.1 Å². The Labute approximate surface area is 116 Å². The fraction of sp³-hybridized carbons (Fsp3) is 0.600. The second-order valence-electron chi connectivity index (χ2n) is 5.44. The number of rotatable bonds is 5. The van der Waals surface area contributed by atoms with E-state index in [0.717, 1.165) is 13.1 Å². The minimum atomic E-state index is 0.616. The molecule has 1 aliphatic heterocycles. The lowest BCUT2D eigenvalue weighted by Gasteiger charge is -2.33. The van der Waals surface area contributed by atoms with E-state index in [4.69, 9.17) is 5.73 Å². The molecule has 1 aromatic carbocycles. The summed E-state index contributed by atoms with van der Waals surface area (Å²) in [6.07, 6.45) is 0. The zero-order valence-corrected chi connectivity index (χ0v) is 12.2. The third-order valence-corrected chi connectivity index (χ3v) is 3.96. The SMILES string of the molecule is CN1CCN(CCN(C)c2ccc(CN)cc2)CC1. The van der Waals surface area contributed by atoms with E-state index in [9.17, 15) is 0 Å². The van der Waals surface area contributed by atoms with Crippen molar-refractivity contribution >= 4 is 5.69 Å². The van der Waals surface area contributed by atoms with Crippen LogP contribution in [-0.4, -0.2) is 63.2 Å². The summed E-state index contributed by atoms with van der Waals surface area (Å²) in [5.41, 5.74) is 8.08.